The molecule has 1 aliphatic rings. The highest BCUT2D eigenvalue weighted by atomic mass is 16.1. The van der Waals surface area contributed by atoms with Gasteiger partial charge in [-0.25, -0.2) is 4.98 Å². The van der Waals surface area contributed by atoms with Crippen LogP contribution >= 0.6 is 0 Å². The summed E-state index contributed by atoms with van der Waals surface area (Å²) >= 11 is 0. The van der Waals surface area contributed by atoms with Crippen LogP contribution < -0.4 is 0 Å². The quantitative estimate of drug-likeness (QED) is 0.679. The maximum Gasteiger partial charge on any atom is 0.179 e. The van der Waals surface area contributed by atoms with Gasteiger partial charge in [0.05, 0.1) is 12.0 Å². The lowest BCUT2D eigenvalue weighted by Crippen LogP contribution is -2.21. The van der Waals surface area contributed by atoms with Crippen molar-refractivity contribution < 1.29 is 4.79 Å². The Bertz CT molecular complexity index is 374. The third-order valence-electron chi connectivity index (χ3n) is 2.59. The van der Waals surface area contributed by atoms with Crippen LogP contribution in [-0.2, 0) is 4.79 Å². The number of ketones is 1. The summed E-state index contributed by atoms with van der Waals surface area (Å²) in [6, 6.07) is 0. The fourth-order valence-electron chi connectivity index (χ4n) is 1.71. The number of allylic oxidation sites excluding steroid dienone is 2. The van der Waals surface area contributed by atoms with E-state index < -0.39 is 0 Å². The van der Waals surface area contributed by atoms with Gasteiger partial charge in [-0.3, -0.25) is 4.79 Å². The Morgan fingerprint density at radius 1 is 1.50 bits per heavy atom. The number of Topliss-reactive ketones (excluding diaryl/α,β-unsaturated/α-hetero) is 1. The van der Waals surface area contributed by atoms with Gasteiger partial charge in [-0.2, -0.15) is 0 Å². The van der Waals surface area contributed by atoms with Crippen LogP contribution in [0.15, 0.2) is 24.8 Å². The number of aromatic nitrogens is 2. The van der Waals surface area contributed by atoms with Crippen molar-refractivity contribution in [3.63, 3.8) is 0 Å². The molecule has 1 aromatic heterocycles. The molecule has 3 heteroatoms. The third kappa shape index (κ3) is 1.62. The second kappa shape index (κ2) is 3.08. The second-order valence-corrected chi connectivity index (χ2v) is 4.41. The van der Waals surface area contributed by atoms with Crippen LogP contribution in [0.5, 0.6) is 0 Å². The fourth-order valence-corrected chi connectivity index (χ4v) is 1.71. The fraction of sp³-hybridized carbons (Fsp3) is 0.455. The van der Waals surface area contributed by atoms with E-state index in [2.05, 4.69) is 18.8 Å². The lowest BCUT2D eigenvalue weighted by atomic mass is 9.81. The van der Waals surface area contributed by atoms with E-state index in [-0.39, 0.29) is 11.2 Å². The van der Waals surface area contributed by atoms with Gasteiger partial charge >= 0.3 is 0 Å². The van der Waals surface area contributed by atoms with Crippen LogP contribution in [0.2, 0.25) is 0 Å². The highest BCUT2D eigenvalue weighted by Crippen LogP contribution is 2.32. The Morgan fingerprint density at radius 3 is 2.93 bits per heavy atom. The van der Waals surface area contributed by atoms with Crippen molar-refractivity contribution in [2.24, 2.45) is 5.41 Å². The summed E-state index contributed by atoms with van der Waals surface area (Å²) in [5.41, 5.74) is 0.881. The van der Waals surface area contributed by atoms with Gasteiger partial charge in [-0.1, -0.05) is 19.9 Å². The number of carbonyl (C=O) groups is 1. The molecule has 0 spiro atoms. The molecule has 3 nitrogen and oxygen atoms in total. The molecule has 0 aliphatic heterocycles. The van der Waals surface area contributed by atoms with E-state index in [1.807, 2.05) is 12.3 Å². The van der Waals surface area contributed by atoms with E-state index in [0.717, 1.165) is 12.1 Å². The Labute approximate surface area is 83.5 Å². The molecule has 14 heavy (non-hydrogen) atoms. The molecule has 0 aromatic carbocycles. The zero-order chi connectivity index (χ0) is 10.2. The average molecular weight is 190 g/mol. The molecule has 0 saturated carbocycles. The first-order valence-corrected chi connectivity index (χ1v) is 4.83. The summed E-state index contributed by atoms with van der Waals surface area (Å²) in [7, 11) is 0. The molecule has 0 amide bonds. The summed E-state index contributed by atoms with van der Waals surface area (Å²) in [5, 5.41) is 0. The van der Waals surface area contributed by atoms with Crippen molar-refractivity contribution in [1.82, 2.24) is 9.55 Å². The predicted octanol–water partition coefficient (Wildman–Crippen LogP) is 2.11. The molecule has 74 valence electrons. The normalized spacial score (nSPS) is 20.7. The van der Waals surface area contributed by atoms with Crippen molar-refractivity contribution >= 4 is 11.5 Å². The maximum absolute atomic E-state index is 11.7. The monoisotopic (exact) mass is 190 g/mol. The van der Waals surface area contributed by atoms with Crippen molar-refractivity contribution in [2.75, 3.05) is 0 Å². The predicted molar refractivity (Wildman–Crippen MR) is 54.5 cm³/mol. The molecule has 2 rings (SSSR count). The van der Waals surface area contributed by atoms with Crippen molar-refractivity contribution in [3.8, 4) is 0 Å². The number of rotatable bonds is 1. The van der Waals surface area contributed by atoms with Crippen molar-refractivity contribution in [2.45, 2.75) is 26.7 Å². The molecule has 0 saturated heterocycles. The lowest BCUT2D eigenvalue weighted by Gasteiger charge is -2.26. The average Bonchev–Trinajstić information content (AvgIpc) is 2.62. The van der Waals surface area contributed by atoms with Gasteiger partial charge in [-0.05, 0) is 11.8 Å². The maximum atomic E-state index is 11.7. The van der Waals surface area contributed by atoms with Gasteiger partial charge in [0.1, 0.15) is 0 Å². The molecule has 0 fully saturated rings. The molecule has 0 bridgehead atoms. The van der Waals surface area contributed by atoms with Crippen LogP contribution in [0.3, 0.4) is 0 Å². The summed E-state index contributed by atoms with van der Waals surface area (Å²) < 4.78 is 1.79. The smallest absolute Gasteiger partial charge is 0.179 e. The number of hydrogen-bond acceptors (Lipinski definition) is 2. The molecular weight excluding hydrogens is 176 g/mol. The summed E-state index contributed by atoms with van der Waals surface area (Å²) in [6.07, 6.45) is 8.79. The van der Waals surface area contributed by atoms with Gasteiger partial charge in [0.15, 0.2) is 5.78 Å². The molecule has 1 heterocycles. The number of hydrogen-bond donors (Lipinski definition) is 0. The lowest BCUT2D eigenvalue weighted by molar-refractivity contribution is -0.115. The zero-order valence-corrected chi connectivity index (χ0v) is 8.53. The molecule has 0 unspecified atom stereocenters. The zero-order valence-electron chi connectivity index (χ0n) is 8.53. The van der Waals surface area contributed by atoms with E-state index in [1.54, 1.807) is 17.1 Å². The minimum Gasteiger partial charge on any atom is -0.303 e. The van der Waals surface area contributed by atoms with E-state index in [9.17, 15) is 4.79 Å². The second-order valence-electron chi connectivity index (χ2n) is 4.41. The van der Waals surface area contributed by atoms with E-state index in [1.165, 1.54) is 0 Å². The number of nitrogens with zero attached hydrogens (tertiary/aromatic N) is 2. The Kier molecular flexibility index (Phi) is 2.02. The van der Waals surface area contributed by atoms with Gasteiger partial charge in [0.25, 0.3) is 0 Å². The van der Waals surface area contributed by atoms with Gasteiger partial charge in [0.2, 0.25) is 0 Å². The summed E-state index contributed by atoms with van der Waals surface area (Å²) in [4.78, 5) is 15.6. The molecule has 1 aromatic rings. The minimum absolute atomic E-state index is 0.119. The molecule has 0 N–H and O–H groups in total. The van der Waals surface area contributed by atoms with Crippen LogP contribution in [0.4, 0.5) is 0 Å². The summed E-state index contributed by atoms with van der Waals surface area (Å²) in [5.74, 6) is 0.210. The molecular formula is C11H14N2O. The first-order valence-electron chi connectivity index (χ1n) is 4.83. The van der Waals surface area contributed by atoms with Crippen molar-refractivity contribution in [1.29, 1.82) is 0 Å². The third-order valence-corrected chi connectivity index (χ3v) is 2.59. The SMILES string of the molecule is CC1(C)C=C(n2ccnc2)C(=O)CC1. The van der Waals surface area contributed by atoms with E-state index in [0.29, 0.717) is 6.42 Å². The Hall–Kier alpha value is -1.38. The van der Waals surface area contributed by atoms with Crippen LogP contribution in [0, 0.1) is 5.41 Å². The molecule has 0 radical (unpaired) electrons. The highest BCUT2D eigenvalue weighted by molar-refractivity contribution is 6.15. The van der Waals surface area contributed by atoms with Gasteiger partial charge in [-0.15, -0.1) is 0 Å². The topological polar surface area (TPSA) is 34.9 Å². The van der Waals surface area contributed by atoms with Crippen LogP contribution in [-0.4, -0.2) is 15.3 Å². The van der Waals surface area contributed by atoms with Gasteiger partial charge < -0.3 is 4.57 Å². The first-order chi connectivity index (χ1) is 6.58. The minimum atomic E-state index is 0.119. The number of carbonyl (C=O) groups excluding carboxylic acids is 1. The standard InChI is InChI=1S/C11H14N2O/c1-11(2)4-3-10(14)9(7-11)13-6-5-12-8-13/h5-8H,3-4H2,1-2H3. The molecule has 0 atom stereocenters. The van der Waals surface area contributed by atoms with E-state index >= 15 is 0 Å². The molecule has 1 aliphatic carbocycles. The summed E-state index contributed by atoms with van der Waals surface area (Å²) in [6.45, 7) is 4.30. The Morgan fingerprint density at radius 2 is 2.29 bits per heavy atom. The number of imidazole rings is 1. The van der Waals surface area contributed by atoms with Gasteiger partial charge in [0, 0.05) is 18.8 Å². The van der Waals surface area contributed by atoms with E-state index in [4.69, 9.17) is 0 Å². The van der Waals surface area contributed by atoms with Crippen molar-refractivity contribution in [3.05, 3.63) is 24.8 Å². The Balaban J connectivity index is 2.42. The van der Waals surface area contributed by atoms with Crippen LogP contribution in [0.1, 0.15) is 26.7 Å². The van der Waals surface area contributed by atoms with Crippen LogP contribution in [0.25, 0.3) is 5.70 Å². The largest absolute Gasteiger partial charge is 0.303 e. The first kappa shape index (κ1) is 9.19. The highest BCUT2D eigenvalue weighted by Gasteiger charge is 2.26.